The summed E-state index contributed by atoms with van der Waals surface area (Å²) >= 11 is 0. The number of benzene rings is 2. The predicted molar refractivity (Wildman–Crippen MR) is 131 cm³/mol. The van der Waals surface area contributed by atoms with E-state index in [1.807, 2.05) is 6.92 Å². The molecule has 0 bridgehead atoms. The number of rotatable bonds is 10. The lowest BCUT2D eigenvalue weighted by Crippen LogP contribution is -2.44. The van der Waals surface area contributed by atoms with Gasteiger partial charge in [-0.05, 0) is 61.4 Å². The number of amides is 2. The minimum atomic E-state index is -1.06. The van der Waals surface area contributed by atoms with Gasteiger partial charge in [-0.3, -0.25) is 19.5 Å². The first kappa shape index (κ1) is 24.6. The van der Waals surface area contributed by atoms with Crippen molar-refractivity contribution >= 4 is 17.5 Å². The predicted octanol–water partition coefficient (Wildman–Crippen LogP) is 4.35. The smallest absolute Gasteiger partial charge is 0.281 e. The number of hydrogen-bond acceptors (Lipinski definition) is 6. The highest BCUT2D eigenvalue weighted by Crippen LogP contribution is 2.30. The van der Waals surface area contributed by atoms with Crippen molar-refractivity contribution in [1.82, 2.24) is 15.3 Å². The van der Waals surface area contributed by atoms with Gasteiger partial charge in [-0.2, -0.15) is 0 Å². The number of pyridine rings is 1. The molecule has 4 aromatic rings. The number of anilines is 1. The van der Waals surface area contributed by atoms with Gasteiger partial charge in [0, 0.05) is 30.2 Å². The van der Waals surface area contributed by atoms with Gasteiger partial charge in [-0.15, -0.1) is 0 Å². The van der Waals surface area contributed by atoms with E-state index < -0.39 is 17.9 Å². The number of nitrogens with one attached hydrogen (secondary N) is 1. The van der Waals surface area contributed by atoms with Gasteiger partial charge < -0.3 is 14.5 Å². The van der Waals surface area contributed by atoms with Crippen LogP contribution in [-0.2, 0) is 11.2 Å². The molecule has 184 valence electrons. The van der Waals surface area contributed by atoms with E-state index in [1.54, 1.807) is 54.7 Å². The molecule has 0 saturated carbocycles. The van der Waals surface area contributed by atoms with E-state index in [-0.39, 0.29) is 18.1 Å². The zero-order valence-electron chi connectivity index (χ0n) is 19.6. The number of ether oxygens (including phenoxy) is 1. The minimum Gasteiger partial charge on any atom is -0.494 e. The third-order valence-electron chi connectivity index (χ3n) is 5.40. The maximum absolute atomic E-state index is 13.6. The molecule has 0 spiro atoms. The molecule has 2 amide bonds. The second kappa shape index (κ2) is 11.7. The third kappa shape index (κ3) is 5.93. The van der Waals surface area contributed by atoms with Crippen LogP contribution < -0.4 is 15.0 Å². The van der Waals surface area contributed by atoms with Crippen LogP contribution in [0, 0.1) is 5.82 Å². The summed E-state index contributed by atoms with van der Waals surface area (Å²) in [7, 11) is 0. The van der Waals surface area contributed by atoms with E-state index in [4.69, 9.17) is 9.15 Å². The number of halogens is 1. The quantitative estimate of drug-likeness (QED) is 0.356. The van der Waals surface area contributed by atoms with Gasteiger partial charge in [0.25, 0.3) is 5.91 Å². The highest BCUT2D eigenvalue weighted by molar-refractivity contribution is 6.09. The lowest BCUT2D eigenvalue weighted by atomic mass is 10.0. The summed E-state index contributed by atoms with van der Waals surface area (Å²) in [6, 6.07) is 15.4. The number of carbonyl (C=O) groups is 2. The monoisotopic (exact) mass is 488 g/mol. The fourth-order valence-corrected chi connectivity index (χ4v) is 3.77. The summed E-state index contributed by atoms with van der Waals surface area (Å²) in [5, 5.41) is 2.88. The van der Waals surface area contributed by atoms with E-state index in [1.165, 1.54) is 29.5 Å². The van der Waals surface area contributed by atoms with Crippen LogP contribution in [0.4, 0.5) is 10.1 Å². The van der Waals surface area contributed by atoms with Crippen LogP contribution in [0.2, 0.25) is 0 Å². The third-order valence-corrected chi connectivity index (χ3v) is 5.40. The molecule has 0 radical (unpaired) electrons. The van der Waals surface area contributed by atoms with E-state index >= 15 is 0 Å². The average Bonchev–Trinajstić information content (AvgIpc) is 3.43. The molecule has 4 rings (SSSR count). The van der Waals surface area contributed by atoms with Gasteiger partial charge >= 0.3 is 0 Å². The van der Waals surface area contributed by atoms with Crippen molar-refractivity contribution in [3.05, 3.63) is 108 Å². The number of hydrogen-bond donors (Lipinski definition) is 1. The van der Waals surface area contributed by atoms with Gasteiger partial charge in [0.05, 0.1) is 6.61 Å². The standard InChI is InChI=1S/C27H25FN4O4/c1-2-36-23-10-8-22(9-11-23)32(27(34)24-17-35-18-31-24)25(20-6-4-13-29-16-20)26(33)30-14-12-19-5-3-7-21(28)15-19/h3-11,13,15-18,25H,2,12,14H2,1H3,(H,30,33). The Labute approximate surface area is 207 Å². The molecule has 0 saturated heterocycles. The fourth-order valence-electron chi connectivity index (χ4n) is 3.77. The normalized spacial score (nSPS) is 11.5. The Bertz CT molecular complexity index is 1280. The molecule has 1 N–H and O–H groups in total. The number of carbonyl (C=O) groups excluding carboxylic acids is 2. The molecular formula is C27H25FN4O4. The average molecular weight is 489 g/mol. The minimum absolute atomic E-state index is 0.0466. The van der Waals surface area contributed by atoms with Gasteiger partial charge in [0.2, 0.25) is 5.91 Å². The molecule has 0 fully saturated rings. The maximum Gasteiger partial charge on any atom is 0.281 e. The van der Waals surface area contributed by atoms with E-state index in [9.17, 15) is 14.0 Å². The summed E-state index contributed by atoms with van der Waals surface area (Å²) in [4.78, 5) is 36.7. The molecule has 2 heterocycles. The fraction of sp³-hybridized carbons (Fsp3) is 0.185. The molecule has 0 aliphatic rings. The molecule has 8 nitrogen and oxygen atoms in total. The molecule has 1 unspecified atom stereocenters. The van der Waals surface area contributed by atoms with Crippen molar-refractivity contribution in [3.63, 3.8) is 0 Å². The molecular weight excluding hydrogens is 463 g/mol. The van der Waals surface area contributed by atoms with Gasteiger partial charge in [-0.1, -0.05) is 18.2 Å². The van der Waals surface area contributed by atoms with Crippen LogP contribution in [-0.4, -0.2) is 34.9 Å². The highest BCUT2D eigenvalue weighted by atomic mass is 19.1. The Morgan fingerprint density at radius 2 is 1.97 bits per heavy atom. The summed E-state index contributed by atoms with van der Waals surface area (Å²) < 4.78 is 24.1. The van der Waals surface area contributed by atoms with Crippen LogP contribution >= 0.6 is 0 Å². The summed E-state index contributed by atoms with van der Waals surface area (Å²) in [6.45, 7) is 2.61. The summed E-state index contributed by atoms with van der Waals surface area (Å²) in [5.41, 5.74) is 1.76. The van der Waals surface area contributed by atoms with Gasteiger partial charge in [-0.25, -0.2) is 9.37 Å². The summed E-state index contributed by atoms with van der Waals surface area (Å²) in [5.74, 6) is -0.660. The largest absolute Gasteiger partial charge is 0.494 e. The zero-order valence-corrected chi connectivity index (χ0v) is 19.6. The van der Waals surface area contributed by atoms with Gasteiger partial charge in [0.15, 0.2) is 12.1 Å². The number of nitrogens with zero attached hydrogens (tertiary/aromatic N) is 3. The molecule has 1 atom stereocenters. The SMILES string of the molecule is CCOc1ccc(N(C(=O)c2cocn2)C(C(=O)NCCc2cccc(F)c2)c2cccnc2)cc1. The molecule has 0 aliphatic carbocycles. The lowest BCUT2D eigenvalue weighted by molar-refractivity contribution is -0.122. The topological polar surface area (TPSA) is 97.6 Å². The van der Waals surface area contributed by atoms with Crippen molar-refractivity contribution in [1.29, 1.82) is 0 Å². The second-order valence-electron chi connectivity index (χ2n) is 7.84. The second-order valence-corrected chi connectivity index (χ2v) is 7.84. The van der Waals surface area contributed by atoms with Crippen LogP contribution in [0.5, 0.6) is 5.75 Å². The van der Waals surface area contributed by atoms with Crippen LogP contribution in [0.15, 0.2) is 90.1 Å². The number of oxazole rings is 1. The van der Waals surface area contributed by atoms with Crippen molar-refractivity contribution < 1.29 is 23.1 Å². The first-order valence-electron chi connectivity index (χ1n) is 11.4. The van der Waals surface area contributed by atoms with Crippen molar-refractivity contribution in [2.45, 2.75) is 19.4 Å². The van der Waals surface area contributed by atoms with Crippen molar-refractivity contribution in [3.8, 4) is 5.75 Å². The van der Waals surface area contributed by atoms with Crippen molar-refractivity contribution in [2.75, 3.05) is 18.1 Å². The Hall–Kier alpha value is -4.53. The Morgan fingerprint density at radius 1 is 1.14 bits per heavy atom. The number of aromatic nitrogens is 2. The van der Waals surface area contributed by atoms with E-state index in [0.29, 0.717) is 30.0 Å². The van der Waals surface area contributed by atoms with E-state index in [0.717, 1.165) is 12.0 Å². The molecule has 0 aliphatic heterocycles. The Morgan fingerprint density at radius 3 is 2.64 bits per heavy atom. The Kier molecular flexibility index (Phi) is 8.02. The van der Waals surface area contributed by atoms with Crippen LogP contribution in [0.1, 0.15) is 34.6 Å². The van der Waals surface area contributed by atoms with Crippen LogP contribution in [0.25, 0.3) is 0 Å². The maximum atomic E-state index is 13.6. The van der Waals surface area contributed by atoms with E-state index in [2.05, 4.69) is 15.3 Å². The van der Waals surface area contributed by atoms with Crippen LogP contribution in [0.3, 0.4) is 0 Å². The molecule has 9 heteroatoms. The molecule has 2 aromatic carbocycles. The first-order valence-corrected chi connectivity index (χ1v) is 11.4. The highest BCUT2D eigenvalue weighted by Gasteiger charge is 2.34. The van der Waals surface area contributed by atoms with Crippen molar-refractivity contribution in [2.24, 2.45) is 0 Å². The molecule has 36 heavy (non-hydrogen) atoms. The van der Waals surface area contributed by atoms with Gasteiger partial charge in [0.1, 0.15) is 23.9 Å². The summed E-state index contributed by atoms with van der Waals surface area (Å²) in [6.07, 6.45) is 5.93. The first-order chi connectivity index (χ1) is 17.6. The Balaban J connectivity index is 1.67. The molecule has 2 aromatic heterocycles. The lowest BCUT2D eigenvalue weighted by Gasteiger charge is -2.31. The zero-order chi connectivity index (χ0) is 25.3.